The van der Waals surface area contributed by atoms with Gasteiger partial charge in [-0.3, -0.25) is 9.48 Å². The van der Waals surface area contributed by atoms with Gasteiger partial charge in [0.25, 0.3) is 0 Å². The quantitative estimate of drug-likeness (QED) is 0.697. The molecular weight excluding hydrogens is 342 g/mol. The Morgan fingerprint density at radius 1 is 1.15 bits per heavy atom. The van der Waals surface area contributed by atoms with Gasteiger partial charge in [-0.1, -0.05) is 48.5 Å². The van der Waals surface area contributed by atoms with Crippen LogP contribution in [0.2, 0.25) is 0 Å². The molecule has 3 aromatic rings. The molecule has 0 aliphatic carbocycles. The number of anilines is 1. The molecule has 5 heteroatoms. The Morgan fingerprint density at radius 2 is 1.88 bits per heavy atom. The van der Waals surface area contributed by atoms with Crippen LogP contribution in [0.1, 0.15) is 34.7 Å². The summed E-state index contributed by atoms with van der Waals surface area (Å²) in [4.78, 5) is 13.5. The molecule has 1 aliphatic heterocycles. The Kier molecular flexibility index (Phi) is 4.55. The van der Waals surface area contributed by atoms with Crippen LogP contribution in [0.25, 0.3) is 0 Å². The number of hydrogen-bond donors (Lipinski definition) is 1. The maximum atomic E-state index is 12.3. The number of amides is 1. The third-order valence-corrected chi connectivity index (χ3v) is 5.75. The van der Waals surface area contributed by atoms with E-state index in [2.05, 4.69) is 42.8 Å². The summed E-state index contributed by atoms with van der Waals surface area (Å²) >= 11 is 1.72. The van der Waals surface area contributed by atoms with Crippen molar-refractivity contribution < 1.29 is 4.79 Å². The first-order valence-corrected chi connectivity index (χ1v) is 9.94. The second-order valence-electron chi connectivity index (χ2n) is 6.54. The van der Waals surface area contributed by atoms with Gasteiger partial charge >= 0.3 is 0 Å². The standard InChI is InChI=1S/C21H21N3OS/c1-14-20-17(16-10-6-7-11-18(16)26-2)12-19(25)22-21(20)23-24(14)13-15-8-4-3-5-9-15/h3-11,17H,12-13H2,1-2H3,(H,22,23,25). The van der Waals surface area contributed by atoms with Crippen molar-refractivity contribution in [3.05, 3.63) is 77.0 Å². The van der Waals surface area contributed by atoms with E-state index in [1.807, 2.05) is 35.0 Å². The summed E-state index contributed by atoms with van der Waals surface area (Å²) in [6.45, 7) is 2.80. The predicted octanol–water partition coefficient (Wildman–Crippen LogP) is 4.44. The van der Waals surface area contributed by atoms with Gasteiger partial charge in [-0.2, -0.15) is 5.10 Å². The van der Waals surface area contributed by atoms with Crippen LogP contribution in [0, 0.1) is 6.92 Å². The molecular formula is C21H21N3OS. The van der Waals surface area contributed by atoms with Crippen molar-refractivity contribution in [1.29, 1.82) is 0 Å². The lowest BCUT2D eigenvalue weighted by Gasteiger charge is -2.24. The molecule has 1 atom stereocenters. The lowest BCUT2D eigenvalue weighted by molar-refractivity contribution is -0.116. The first kappa shape index (κ1) is 16.9. The summed E-state index contributed by atoms with van der Waals surface area (Å²) in [6, 6.07) is 18.6. The van der Waals surface area contributed by atoms with Gasteiger partial charge in [0.15, 0.2) is 5.82 Å². The van der Waals surface area contributed by atoms with Crippen molar-refractivity contribution in [3.8, 4) is 0 Å². The highest BCUT2D eigenvalue weighted by atomic mass is 32.2. The summed E-state index contributed by atoms with van der Waals surface area (Å²) in [5, 5.41) is 7.67. The summed E-state index contributed by atoms with van der Waals surface area (Å²) in [5.41, 5.74) is 4.66. The number of nitrogens with one attached hydrogen (secondary N) is 1. The van der Waals surface area contributed by atoms with E-state index in [0.717, 1.165) is 11.3 Å². The van der Waals surface area contributed by atoms with Gasteiger partial charge in [0, 0.05) is 28.5 Å². The van der Waals surface area contributed by atoms with Crippen LogP contribution in [0.5, 0.6) is 0 Å². The molecule has 0 saturated carbocycles. The van der Waals surface area contributed by atoms with E-state index in [0.29, 0.717) is 18.8 Å². The van der Waals surface area contributed by atoms with E-state index in [-0.39, 0.29) is 11.8 Å². The molecule has 4 rings (SSSR count). The fourth-order valence-electron chi connectivity index (χ4n) is 3.67. The molecule has 0 radical (unpaired) electrons. The van der Waals surface area contributed by atoms with Gasteiger partial charge in [-0.05, 0) is 30.4 Å². The number of aromatic nitrogens is 2. The van der Waals surface area contributed by atoms with Crippen LogP contribution in [0.4, 0.5) is 5.82 Å². The van der Waals surface area contributed by atoms with Crippen LogP contribution in [0.3, 0.4) is 0 Å². The zero-order valence-corrected chi connectivity index (χ0v) is 15.7. The lowest BCUT2D eigenvalue weighted by atomic mass is 9.86. The molecule has 1 amide bonds. The molecule has 1 unspecified atom stereocenters. The Labute approximate surface area is 157 Å². The third-order valence-electron chi connectivity index (χ3n) is 4.94. The Bertz CT molecular complexity index is 949. The smallest absolute Gasteiger partial charge is 0.226 e. The molecule has 1 aromatic heterocycles. The third kappa shape index (κ3) is 3.03. The number of hydrogen-bond acceptors (Lipinski definition) is 3. The molecule has 0 bridgehead atoms. The number of carbonyl (C=O) groups excluding carboxylic acids is 1. The van der Waals surface area contributed by atoms with Gasteiger partial charge in [0.2, 0.25) is 5.91 Å². The second kappa shape index (κ2) is 7.00. The Hall–Kier alpha value is -2.53. The summed E-state index contributed by atoms with van der Waals surface area (Å²) in [5.74, 6) is 0.783. The number of nitrogens with zero attached hydrogens (tertiary/aromatic N) is 2. The van der Waals surface area contributed by atoms with Crippen LogP contribution >= 0.6 is 11.8 Å². The van der Waals surface area contributed by atoms with Crippen molar-refractivity contribution in [3.63, 3.8) is 0 Å². The highest BCUT2D eigenvalue weighted by Gasteiger charge is 2.32. The van der Waals surface area contributed by atoms with E-state index in [1.165, 1.54) is 16.0 Å². The van der Waals surface area contributed by atoms with Crippen molar-refractivity contribution in [1.82, 2.24) is 9.78 Å². The van der Waals surface area contributed by atoms with E-state index in [9.17, 15) is 4.79 Å². The zero-order chi connectivity index (χ0) is 18.1. The van der Waals surface area contributed by atoms with E-state index in [4.69, 9.17) is 5.10 Å². The monoisotopic (exact) mass is 363 g/mol. The van der Waals surface area contributed by atoms with Gasteiger partial charge in [-0.15, -0.1) is 11.8 Å². The van der Waals surface area contributed by atoms with Crippen LogP contribution in [-0.2, 0) is 11.3 Å². The first-order chi connectivity index (χ1) is 12.7. The molecule has 1 aliphatic rings. The van der Waals surface area contributed by atoms with Crippen molar-refractivity contribution >= 4 is 23.5 Å². The van der Waals surface area contributed by atoms with Crippen LogP contribution < -0.4 is 5.32 Å². The maximum Gasteiger partial charge on any atom is 0.226 e. The highest BCUT2D eigenvalue weighted by Crippen LogP contribution is 2.41. The molecule has 2 heterocycles. The summed E-state index contributed by atoms with van der Waals surface area (Å²) in [7, 11) is 0. The number of fused-ring (bicyclic) bond motifs is 1. The van der Waals surface area contributed by atoms with Crippen molar-refractivity contribution in [2.75, 3.05) is 11.6 Å². The average Bonchev–Trinajstić information content (AvgIpc) is 2.97. The molecule has 2 aromatic carbocycles. The minimum absolute atomic E-state index is 0.0303. The predicted molar refractivity (Wildman–Crippen MR) is 106 cm³/mol. The van der Waals surface area contributed by atoms with Gasteiger partial charge in [0.05, 0.1) is 6.54 Å². The summed E-state index contributed by atoms with van der Waals surface area (Å²) < 4.78 is 2.00. The number of benzene rings is 2. The molecule has 4 nitrogen and oxygen atoms in total. The van der Waals surface area contributed by atoms with Gasteiger partial charge < -0.3 is 5.32 Å². The molecule has 0 spiro atoms. The second-order valence-corrected chi connectivity index (χ2v) is 7.39. The maximum absolute atomic E-state index is 12.3. The zero-order valence-electron chi connectivity index (χ0n) is 14.9. The molecule has 1 N–H and O–H groups in total. The van der Waals surface area contributed by atoms with Gasteiger partial charge in [-0.25, -0.2) is 0 Å². The normalized spacial score (nSPS) is 16.2. The molecule has 132 valence electrons. The minimum Gasteiger partial charge on any atom is -0.309 e. The Morgan fingerprint density at radius 3 is 2.65 bits per heavy atom. The number of carbonyl (C=O) groups is 1. The number of thioether (sulfide) groups is 1. The number of rotatable bonds is 4. The summed E-state index contributed by atoms with van der Waals surface area (Å²) in [6.07, 6.45) is 2.54. The Balaban J connectivity index is 1.78. The fourth-order valence-corrected chi connectivity index (χ4v) is 4.33. The lowest BCUT2D eigenvalue weighted by Crippen LogP contribution is -2.23. The van der Waals surface area contributed by atoms with Crippen LogP contribution in [0.15, 0.2) is 59.5 Å². The van der Waals surface area contributed by atoms with E-state index >= 15 is 0 Å². The average molecular weight is 363 g/mol. The van der Waals surface area contributed by atoms with Crippen molar-refractivity contribution in [2.45, 2.75) is 30.7 Å². The van der Waals surface area contributed by atoms with E-state index in [1.54, 1.807) is 11.8 Å². The molecule has 26 heavy (non-hydrogen) atoms. The fraction of sp³-hybridized carbons (Fsp3) is 0.238. The largest absolute Gasteiger partial charge is 0.309 e. The first-order valence-electron chi connectivity index (χ1n) is 8.71. The van der Waals surface area contributed by atoms with Gasteiger partial charge in [0.1, 0.15) is 0 Å². The molecule has 0 saturated heterocycles. The van der Waals surface area contributed by atoms with E-state index < -0.39 is 0 Å². The molecule has 0 fully saturated rings. The van der Waals surface area contributed by atoms with Crippen molar-refractivity contribution in [2.24, 2.45) is 0 Å². The topological polar surface area (TPSA) is 46.9 Å². The SMILES string of the molecule is CSc1ccccc1C1CC(=O)Nc2nn(Cc3ccccc3)c(C)c21. The highest BCUT2D eigenvalue weighted by molar-refractivity contribution is 7.98. The minimum atomic E-state index is 0.0303. The van der Waals surface area contributed by atoms with Crippen LogP contribution in [-0.4, -0.2) is 21.9 Å².